The topological polar surface area (TPSA) is 41.5 Å². The number of hydrogen-bond donors (Lipinski definition) is 2. The molecule has 1 unspecified atom stereocenters. The van der Waals surface area contributed by atoms with Crippen LogP contribution in [-0.2, 0) is 10.3 Å². The Hall–Kier alpha value is -0.900. The van der Waals surface area contributed by atoms with Gasteiger partial charge in [0.05, 0.1) is 18.2 Å². The molecule has 0 amide bonds. The molecular formula is C18H29NO2. The van der Waals surface area contributed by atoms with Crippen molar-refractivity contribution in [3.05, 3.63) is 35.9 Å². The number of aliphatic hydroxyl groups excluding tert-OH is 1. The largest absolute Gasteiger partial charge is 0.394 e. The van der Waals surface area contributed by atoms with Crippen molar-refractivity contribution >= 4 is 0 Å². The minimum absolute atomic E-state index is 0.0819. The van der Waals surface area contributed by atoms with Crippen LogP contribution in [0.25, 0.3) is 0 Å². The normalized spacial score (nSPS) is 25.5. The van der Waals surface area contributed by atoms with Gasteiger partial charge in [0.25, 0.3) is 0 Å². The van der Waals surface area contributed by atoms with Gasteiger partial charge < -0.3 is 15.2 Å². The molecule has 0 aromatic heterocycles. The predicted molar refractivity (Wildman–Crippen MR) is 86.3 cm³/mol. The van der Waals surface area contributed by atoms with Crippen LogP contribution in [0.5, 0.6) is 0 Å². The third-order valence-corrected chi connectivity index (χ3v) is 4.92. The Labute approximate surface area is 128 Å². The van der Waals surface area contributed by atoms with E-state index in [4.69, 9.17) is 4.74 Å². The Morgan fingerprint density at radius 3 is 2.43 bits per heavy atom. The Kier molecular flexibility index (Phi) is 6.22. The lowest BCUT2D eigenvalue weighted by Crippen LogP contribution is -2.44. The lowest BCUT2D eigenvalue weighted by Gasteiger charge is -2.33. The zero-order valence-electron chi connectivity index (χ0n) is 13.3. The molecule has 1 aromatic carbocycles. The van der Waals surface area contributed by atoms with Crippen LogP contribution in [-0.4, -0.2) is 31.5 Å². The summed E-state index contributed by atoms with van der Waals surface area (Å²) in [5.41, 5.74) is 0.722. The first-order valence-corrected chi connectivity index (χ1v) is 8.17. The maximum atomic E-state index is 9.88. The number of ether oxygens (including phenoxy) is 1. The van der Waals surface area contributed by atoms with Crippen LogP contribution in [0.15, 0.2) is 30.3 Å². The van der Waals surface area contributed by atoms with E-state index in [1.54, 1.807) is 0 Å². The molecule has 0 saturated heterocycles. The zero-order valence-corrected chi connectivity index (χ0v) is 13.3. The highest BCUT2D eigenvalue weighted by Crippen LogP contribution is 2.28. The predicted octanol–water partition coefficient (Wildman–Crippen LogP) is 3.08. The van der Waals surface area contributed by atoms with E-state index < -0.39 is 5.54 Å². The summed E-state index contributed by atoms with van der Waals surface area (Å²) in [6, 6.07) is 10.2. The highest BCUT2D eigenvalue weighted by molar-refractivity contribution is 5.24. The Bertz CT molecular complexity index is 395. The van der Waals surface area contributed by atoms with Gasteiger partial charge in [0, 0.05) is 6.61 Å². The van der Waals surface area contributed by atoms with E-state index in [0.29, 0.717) is 12.7 Å². The number of aliphatic hydroxyl groups is 1. The molecule has 118 valence electrons. The van der Waals surface area contributed by atoms with Crippen molar-refractivity contribution in [2.24, 2.45) is 5.92 Å². The average Bonchev–Trinajstić information content (AvgIpc) is 2.55. The molecule has 1 aromatic rings. The van der Waals surface area contributed by atoms with Crippen LogP contribution in [0.4, 0.5) is 0 Å². The maximum absolute atomic E-state index is 9.88. The molecule has 2 N–H and O–H groups in total. The van der Waals surface area contributed by atoms with Crippen molar-refractivity contribution in [2.45, 2.75) is 50.7 Å². The molecule has 0 aliphatic heterocycles. The maximum Gasteiger partial charge on any atom is 0.0688 e. The molecule has 0 radical (unpaired) electrons. The zero-order chi connectivity index (χ0) is 15.1. The SMILES string of the molecule is CNC(CO)(CCOC1CCC(C)CC1)c1ccccc1. The van der Waals surface area contributed by atoms with Crippen molar-refractivity contribution in [1.29, 1.82) is 0 Å². The Balaban J connectivity index is 1.89. The van der Waals surface area contributed by atoms with Gasteiger partial charge in [0.1, 0.15) is 0 Å². The molecule has 2 rings (SSSR count). The van der Waals surface area contributed by atoms with Crippen LogP contribution in [0.2, 0.25) is 0 Å². The standard InChI is InChI=1S/C18H29NO2/c1-15-8-10-17(11-9-15)21-13-12-18(14-20,19-2)16-6-4-3-5-7-16/h3-7,15,17,19-20H,8-14H2,1-2H3. The second kappa shape index (κ2) is 7.92. The van der Waals surface area contributed by atoms with Crippen LogP contribution in [0, 0.1) is 5.92 Å². The van der Waals surface area contributed by atoms with Gasteiger partial charge in [-0.05, 0) is 50.6 Å². The molecule has 1 aliphatic carbocycles. The number of rotatable bonds is 7. The molecular weight excluding hydrogens is 262 g/mol. The van der Waals surface area contributed by atoms with E-state index in [2.05, 4.69) is 24.4 Å². The summed E-state index contributed by atoms with van der Waals surface area (Å²) in [6.07, 6.45) is 6.11. The Morgan fingerprint density at radius 1 is 1.19 bits per heavy atom. The van der Waals surface area contributed by atoms with Crippen molar-refractivity contribution in [2.75, 3.05) is 20.3 Å². The summed E-state index contributed by atoms with van der Waals surface area (Å²) >= 11 is 0. The third kappa shape index (κ3) is 4.29. The number of likely N-dealkylation sites (N-methyl/N-ethyl adjacent to an activating group) is 1. The smallest absolute Gasteiger partial charge is 0.0688 e. The summed E-state index contributed by atoms with van der Waals surface area (Å²) in [5, 5.41) is 13.2. The molecule has 3 heteroatoms. The van der Waals surface area contributed by atoms with Crippen LogP contribution in [0.3, 0.4) is 0 Å². The van der Waals surface area contributed by atoms with Gasteiger partial charge in [-0.15, -0.1) is 0 Å². The number of nitrogens with one attached hydrogen (secondary N) is 1. The van der Waals surface area contributed by atoms with Crippen molar-refractivity contribution < 1.29 is 9.84 Å². The summed E-state index contributed by atoms with van der Waals surface area (Å²) in [4.78, 5) is 0. The van der Waals surface area contributed by atoms with E-state index in [1.807, 2.05) is 25.2 Å². The van der Waals surface area contributed by atoms with E-state index in [0.717, 1.165) is 17.9 Å². The quantitative estimate of drug-likeness (QED) is 0.811. The monoisotopic (exact) mass is 291 g/mol. The number of hydrogen-bond acceptors (Lipinski definition) is 3. The van der Waals surface area contributed by atoms with Gasteiger partial charge in [0.15, 0.2) is 0 Å². The minimum atomic E-state index is -0.400. The highest BCUT2D eigenvalue weighted by atomic mass is 16.5. The molecule has 3 nitrogen and oxygen atoms in total. The van der Waals surface area contributed by atoms with E-state index in [1.165, 1.54) is 25.7 Å². The first-order chi connectivity index (χ1) is 10.2. The molecule has 21 heavy (non-hydrogen) atoms. The molecule has 0 bridgehead atoms. The highest BCUT2D eigenvalue weighted by Gasteiger charge is 2.30. The van der Waals surface area contributed by atoms with Gasteiger partial charge in [-0.25, -0.2) is 0 Å². The van der Waals surface area contributed by atoms with Gasteiger partial charge in [0.2, 0.25) is 0 Å². The van der Waals surface area contributed by atoms with E-state index in [9.17, 15) is 5.11 Å². The molecule has 1 saturated carbocycles. The summed E-state index contributed by atoms with van der Waals surface area (Å²) in [5.74, 6) is 0.850. The van der Waals surface area contributed by atoms with Crippen LogP contribution < -0.4 is 5.32 Å². The minimum Gasteiger partial charge on any atom is -0.394 e. The van der Waals surface area contributed by atoms with Crippen molar-refractivity contribution in [3.63, 3.8) is 0 Å². The second-order valence-corrected chi connectivity index (χ2v) is 6.36. The van der Waals surface area contributed by atoms with Crippen molar-refractivity contribution in [3.8, 4) is 0 Å². The van der Waals surface area contributed by atoms with E-state index in [-0.39, 0.29) is 6.61 Å². The molecule has 0 spiro atoms. The van der Waals surface area contributed by atoms with Crippen molar-refractivity contribution in [1.82, 2.24) is 5.32 Å². The Morgan fingerprint density at radius 2 is 1.86 bits per heavy atom. The fourth-order valence-corrected chi connectivity index (χ4v) is 3.22. The lowest BCUT2D eigenvalue weighted by atomic mass is 9.87. The fraction of sp³-hybridized carbons (Fsp3) is 0.667. The lowest BCUT2D eigenvalue weighted by molar-refractivity contribution is 0.00247. The summed E-state index contributed by atoms with van der Waals surface area (Å²) in [6.45, 7) is 3.09. The second-order valence-electron chi connectivity index (χ2n) is 6.36. The number of benzene rings is 1. The first kappa shape index (κ1) is 16.5. The summed E-state index contributed by atoms with van der Waals surface area (Å²) < 4.78 is 6.06. The van der Waals surface area contributed by atoms with Gasteiger partial charge in [-0.2, -0.15) is 0 Å². The van der Waals surface area contributed by atoms with Gasteiger partial charge in [-0.1, -0.05) is 37.3 Å². The molecule has 1 atom stereocenters. The molecule has 0 heterocycles. The van der Waals surface area contributed by atoms with E-state index >= 15 is 0 Å². The molecule has 1 aliphatic rings. The third-order valence-electron chi connectivity index (χ3n) is 4.92. The van der Waals surface area contributed by atoms with Crippen LogP contribution >= 0.6 is 0 Å². The van der Waals surface area contributed by atoms with Gasteiger partial charge in [-0.3, -0.25) is 0 Å². The fourth-order valence-electron chi connectivity index (χ4n) is 3.22. The molecule has 1 fully saturated rings. The van der Waals surface area contributed by atoms with Gasteiger partial charge >= 0.3 is 0 Å². The summed E-state index contributed by atoms with van der Waals surface area (Å²) in [7, 11) is 1.91. The average molecular weight is 291 g/mol. The van der Waals surface area contributed by atoms with Crippen LogP contribution in [0.1, 0.15) is 44.6 Å². The first-order valence-electron chi connectivity index (χ1n) is 8.17.